The largest absolute Gasteiger partial charge is 0.452 e. The molecule has 0 fully saturated rings. The molecule has 0 aliphatic rings. The van der Waals surface area contributed by atoms with Crippen molar-refractivity contribution in [1.29, 1.82) is 0 Å². The number of halogens is 3. The van der Waals surface area contributed by atoms with E-state index in [9.17, 15) is 31.2 Å². The third-order valence-corrected chi connectivity index (χ3v) is 6.68. The Morgan fingerprint density at radius 3 is 2.55 bits per heavy atom. The van der Waals surface area contributed by atoms with E-state index < -0.39 is 51.5 Å². The van der Waals surface area contributed by atoms with E-state index in [0.29, 0.717) is 11.3 Å². The monoisotopic (exact) mass is 473 g/mol. The zero-order chi connectivity index (χ0) is 22.9. The molecule has 164 valence electrons. The number of hydrogen-bond donors (Lipinski definition) is 1. The second-order valence-electron chi connectivity index (χ2n) is 6.29. The van der Waals surface area contributed by atoms with Gasteiger partial charge in [0.15, 0.2) is 29.2 Å². The molecule has 0 aliphatic carbocycles. The van der Waals surface area contributed by atoms with Gasteiger partial charge in [0.25, 0.3) is 5.91 Å². The van der Waals surface area contributed by atoms with Crippen LogP contribution in [0.15, 0.2) is 35.2 Å². The van der Waals surface area contributed by atoms with E-state index in [4.69, 9.17) is 4.74 Å². The zero-order valence-electron chi connectivity index (χ0n) is 16.0. The number of anilines is 1. The number of benzene rings is 2. The van der Waals surface area contributed by atoms with Gasteiger partial charge in [0.05, 0.1) is 15.2 Å². The Labute approximate surface area is 178 Å². The van der Waals surface area contributed by atoms with Gasteiger partial charge in [-0.15, -0.1) is 0 Å². The van der Waals surface area contributed by atoms with Gasteiger partial charge in [0, 0.05) is 14.1 Å². The molecule has 0 bridgehead atoms. The molecule has 31 heavy (non-hydrogen) atoms. The van der Waals surface area contributed by atoms with E-state index in [1.165, 1.54) is 32.3 Å². The molecule has 0 spiro atoms. The summed E-state index contributed by atoms with van der Waals surface area (Å²) >= 11 is 0.699. The number of nitrogens with one attached hydrogen (secondary N) is 1. The number of thiazole rings is 1. The molecule has 8 nitrogen and oxygen atoms in total. The van der Waals surface area contributed by atoms with Crippen LogP contribution in [0.2, 0.25) is 0 Å². The first-order valence-electron chi connectivity index (χ1n) is 8.44. The maximum Gasteiger partial charge on any atom is 0.338 e. The first kappa shape index (κ1) is 22.7. The number of carbonyl (C=O) groups excluding carboxylic acids is 2. The lowest BCUT2D eigenvalue weighted by atomic mass is 10.2. The Balaban J connectivity index is 1.67. The summed E-state index contributed by atoms with van der Waals surface area (Å²) in [5.41, 5.74) is -0.543. The standard InChI is InChI=1S/C18H14F3N3O5S2/c1-24(2)31(27,28)10-5-3-4-9(6-10)17(26)29-8-13(25)22-18-23-16-12(30-18)7-11(19)14(20)15(16)21/h3-7H,8H2,1-2H3,(H,22,23,25). The molecular formula is C18H14F3N3O5S2. The number of esters is 1. The molecule has 0 unspecified atom stereocenters. The van der Waals surface area contributed by atoms with Crippen molar-refractivity contribution in [2.45, 2.75) is 4.90 Å². The number of rotatable bonds is 6. The highest BCUT2D eigenvalue weighted by molar-refractivity contribution is 7.89. The predicted molar refractivity (Wildman–Crippen MR) is 106 cm³/mol. The van der Waals surface area contributed by atoms with Gasteiger partial charge in [-0.25, -0.2) is 35.7 Å². The third kappa shape index (κ3) is 4.68. The molecule has 1 aromatic heterocycles. The highest BCUT2D eigenvalue weighted by Gasteiger charge is 2.21. The van der Waals surface area contributed by atoms with Gasteiger partial charge in [0.1, 0.15) is 5.52 Å². The Kier molecular flexibility index (Phi) is 6.29. The van der Waals surface area contributed by atoms with Crippen molar-refractivity contribution in [1.82, 2.24) is 9.29 Å². The maximum atomic E-state index is 13.7. The van der Waals surface area contributed by atoms with Gasteiger partial charge in [0.2, 0.25) is 10.0 Å². The summed E-state index contributed by atoms with van der Waals surface area (Å²) in [6.07, 6.45) is 0. The second-order valence-corrected chi connectivity index (χ2v) is 9.47. The SMILES string of the molecule is CN(C)S(=O)(=O)c1cccc(C(=O)OCC(=O)Nc2nc3c(F)c(F)c(F)cc3s2)c1. The number of ether oxygens (including phenoxy) is 1. The number of amides is 1. The molecule has 0 atom stereocenters. The van der Waals surface area contributed by atoms with Crippen molar-refractivity contribution in [2.75, 3.05) is 26.0 Å². The normalized spacial score (nSPS) is 11.7. The van der Waals surface area contributed by atoms with Crippen LogP contribution in [0.25, 0.3) is 10.2 Å². The highest BCUT2D eigenvalue weighted by Crippen LogP contribution is 2.30. The van der Waals surface area contributed by atoms with E-state index in [1.54, 1.807) is 0 Å². The van der Waals surface area contributed by atoms with Crippen LogP contribution in [0.1, 0.15) is 10.4 Å². The summed E-state index contributed by atoms with van der Waals surface area (Å²) < 4.78 is 70.4. The second kappa shape index (κ2) is 8.61. The first-order valence-corrected chi connectivity index (χ1v) is 10.7. The third-order valence-electron chi connectivity index (χ3n) is 3.95. The molecule has 13 heteroatoms. The molecule has 1 heterocycles. The van der Waals surface area contributed by atoms with Crippen LogP contribution in [0.3, 0.4) is 0 Å². The van der Waals surface area contributed by atoms with Crippen molar-refractivity contribution in [2.24, 2.45) is 0 Å². The van der Waals surface area contributed by atoms with Crippen LogP contribution >= 0.6 is 11.3 Å². The molecule has 0 saturated carbocycles. The topological polar surface area (TPSA) is 106 Å². The van der Waals surface area contributed by atoms with Gasteiger partial charge in [-0.3, -0.25) is 10.1 Å². The van der Waals surface area contributed by atoms with Crippen LogP contribution in [-0.4, -0.2) is 50.3 Å². The number of sulfonamides is 1. The summed E-state index contributed by atoms with van der Waals surface area (Å²) in [6, 6.07) is 5.82. The predicted octanol–water partition coefficient (Wildman–Crippen LogP) is 2.76. The van der Waals surface area contributed by atoms with Crippen LogP contribution < -0.4 is 5.32 Å². The molecule has 1 amide bonds. The molecule has 0 radical (unpaired) electrons. The fraction of sp³-hybridized carbons (Fsp3) is 0.167. The lowest BCUT2D eigenvalue weighted by Crippen LogP contribution is -2.23. The maximum absolute atomic E-state index is 13.7. The summed E-state index contributed by atoms with van der Waals surface area (Å²) in [5.74, 6) is -6.34. The van der Waals surface area contributed by atoms with E-state index in [2.05, 4.69) is 10.3 Å². The van der Waals surface area contributed by atoms with E-state index in [0.717, 1.165) is 16.4 Å². The van der Waals surface area contributed by atoms with Crippen molar-refractivity contribution in [3.8, 4) is 0 Å². The molecule has 3 rings (SSSR count). The van der Waals surface area contributed by atoms with E-state index in [-0.39, 0.29) is 20.3 Å². The molecule has 0 aliphatic heterocycles. The fourth-order valence-electron chi connectivity index (χ4n) is 2.39. The minimum atomic E-state index is -3.77. The minimum Gasteiger partial charge on any atom is -0.452 e. The Bertz CT molecular complexity index is 1290. The average Bonchev–Trinajstić information content (AvgIpc) is 3.12. The van der Waals surface area contributed by atoms with E-state index >= 15 is 0 Å². The van der Waals surface area contributed by atoms with Crippen LogP contribution in [0, 0.1) is 17.5 Å². The van der Waals surface area contributed by atoms with Crippen molar-refractivity contribution < 1.29 is 35.9 Å². The molecule has 3 aromatic rings. The number of aromatic nitrogens is 1. The highest BCUT2D eigenvalue weighted by atomic mass is 32.2. The Hall–Kier alpha value is -3.03. The van der Waals surface area contributed by atoms with Gasteiger partial charge >= 0.3 is 5.97 Å². The molecular weight excluding hydrogens is 459 g/mol. The van der Waals surface area contributed by atoms with Gasteiger partial charge in [-0.05, 0) is 24.3 Å². The first-order chi connectivity index (χ1) is 14.5. The number of fused-ring (bicyclic) bond motifs is 1. The summed E-state index contributed by atoms with van der Waals surface area (Å²) in [4.78, 5) is 27.7. The van der Waals surface area contributed by atoms with Gasteiger partial charge in [-0.2, -0.15) is 0 Å². The smallest absolute Gasteiger partial charge is 0.338 e. The summed E-state index contributed by atoms with van der Waals surface area (Å²) in [6.45, 7) is -0.759. The van der Waals surface area contributed by atoms with Crippen LogP contribution in [0.4, 0.5) is 18.3 Å². The average molecular weight is 473 g/mol. The number of carbonyl (C=O) groups is 2. The van der Waals surface area contributed by atoms with Gasteiger partial charge < -0.3 is 4.74 Å². The van der Waals surface area contributed by atoms with Crippen LogP contribution in [-0.2, 0) is 19.6 Å². The fourth-order valence-corrected chi connectivity index (χ4v) is 4.24. The summed E-state index contributed by atoms with van der Waals surface area (Å²) in [7, 11) is -1.10. The molecule has 1 N–H and O–H groups in total. The quantitative estimate of drug-likeness (QED) is 0.436. The Morgan fingerprint density at radius 1 is 1.16 bits per heavy atom. The van der Waals surface area contributed by atoms with Crippen molar-refractivity contribution in [3.05, 3.63) is 53.3 Å². The number of hydrogen-bond acceptors (Lipinski definition) is 7. The molecule has 2 aromatic carbocycles. The van der Waals surface area contributed by atoms with E-state index in [1.807, 2.05) is 0 Å². The Morgan fingerprint density at radius 2 is 1.87 bits per heavy atom. The lowest BCUT2D eigenvalue weighted by Gasteiger charge is -2.12. The van der Waals surface area contributed by atoms with Crippen LogP contribution in [0.5, 0.6) is 0 Å². The van der Waals surface area contributed by atoms with Crippen molar-refractivity contribution in [3.63, 3.8) is 0 Å². The lowest BCUT2D eigenvalue weighted by molar-refractivity contribution is -0.119. The summed E-state index contributed by atoms with van der Waals surface area (Å²) in [5, 5.41) is 2.08. The number of nitrogens with zero attached hydrogens (tertiary/aromatic N) is 2. The molecule has 0 saturated heterocycles. The van der Waals surface area contributed by atoms with Crippen molar-refractivity contribution >= 4 is 48.6 Å². The van der Waals surface area contributed by atoms with Gasteiger partial charge in [-0.1, -0.05) is 17.4 Å². The minimum absolute atomic E-state index is 0.0254. The zero-order valence-corrected chi connectivity index (χ0v) is 17.6.